The van der Waals surface area contributed by atoms with Crippen LogP contribution in [0, 0.1) is 0 Å². The summed E-state index contributed by atoms with van der Waals surface area (Å²) in [5.41, 5.74) is 26.7. The molecule has 0 N–H and O–H groups in total. The van der Waals surface area contributed by atoms with Gasteiger partial charge in [-0.15, -0.1) is 0 Å². The summed E-state index contributed by atoms with van der Waals surface area (Å²) >= 11 is 0. The summed E-state index contributed by atoms with van der Waals surface area (Å²) in [7, 11) is 0. The maximum absolute atomic E-state index is 2.76. The molecule has 78 heavy (non-hydrogen) atoms. The van der Waals surface area contributed by atoms with E-state index in [4.69, 9.17) is 0 Å². The fourth-order valence-corrected chi connectivity index (χ4v) is 13.9. The molecule has 4 aliphatic rings. The van der Waals surface area contributed by atoms with E-state index in [9.17, 15) is 0 Å². The molecule has 1 aliphatic carbocycles. The lowest BCUT2D eigenvalue weighted by atomic mass is 9.33. The largest absolute Gasteiger partial charge is 0.330 e. The summed E-state index contributed by atoms with van der Waals surface area (Å²) in [6.07, 6.45) is 2.15. The monoisotopic (exact) mass is 1020 g/mol. The van der Waals surface area contributed by atoms with E-state index in [2.05, 4.69) is 296 Å². The van der Waals surface area contributed by atoms with Crippen LogP contribution < -0.4 is 31.1 Å². The van der Waals surface area contributed by atoms with Crippen LogP contribution in [0.15, 0.2) is 164 Å². The first kappa shape index (κ1) is 52.0. The van der Waals surface area contributed by atoms with Crippen molar-refractivity contribution in [1.29, 1.82) is 0 Å². The van der Waals surface area contributed by atoms with E-state index in [1.54, 1.807) is 0 Å². The Morgan fingerprint density at radius 2 is 0.910 bits per heavy atom. The SMILES string of the molecule is CC(C)(C)c1ccc(N2c3cc(N4c5ccc(C(C)(C)C)cc5C5(C)CCc6ccccc6C45C)ccc3B3c4cc(C(C)(C)C)ccc4N(c4ccc(C(C)(C)C)cc4-c4ccccc4)c4cc(C(C)(C)C)cc2c43)cc1. The molecule has 0 fully saturated rings. The zero-order valence-corrected chi connectivity index (χ0v) is 49.9. The summed E-state index contributed by atoms with van der Waals surface area (Å²) in [5.74, 6) is 0. The third kappa shape index (κ3) is 7.96. The molecule has 396 valence electrons. The van der Waals surface area contributed by atoms with E-state index >= 15 is 0 Å². The lowest BCUT2D eigenvalue weighted by molar-refractivity contribution is 0.245. The van der Waals surface area contributed by atoms with Gasteiger partial charge in [-0.2, -0.15) is 0 Å². The van der Waals surface area contributed by atoms with Gasteiger partial charge in [-0.05, 0) is 174 Å². The summed E-state index contributed by atoms with van der Waals surface area (Å²) in [5, 5.41) is 0. The number of benzene rings is 8. The smallest absolute Gasteiger partial charge is 0.252 e. The van der Waals surface area contributed by atoms with Gasteiger partial charge in [0.05, 0.1) is 11.2 Å². The van der Waals surface area contributed by atoms with E-state index in [0.29, 0.717) is 0 Å². The van der Waals surface area contributed by atoms with Crippen LogP contribution in [0.1, 0.15) is 169 Å². The first-order valence-corrected chi connectivity index (χ1v) is 29.0. The molecule has 0 amide bonds. The first-order valence-electron chi connectivity index (χ1n) is 29.0. The number of aryl methyl sites for hydroxylation is 1. The normalized spacial score (nSPS) is 18.7. The number of rotatable bonds is 4. The van der Waals surface area contributed by atoms with Gasteiger partial charge in [0.25, 0.3) is 6.71 Å². The van der Waals surface area contributed by atoms with Crippen molar-refractivity contribution in [3.05, 3.63) is 208 Å². The Kier molecular flexibility index (Phi) is 11.6. The molecule has 0 spiro atoms. The quantitative estimate of drug-likeness (QED) is 0.163. The molecule has 8 aromatic carbocycles. The highest BCUT2D eigenvalue weighted by Crippen LogP contribution is 2.64. The van der Waals surface area contributed by atoms with Crippen molar-refractivity contribution in [2.75, 3.05) is 14.7 Å². The molecule has 3 heterocycles. The summed E-state index contributed by atoms with van der Waals surface area (Å²) in [6, 6.07) is 64.8. The Hall–Kier alpha value is -6.78. The molecule has 0 aromatic heterocycles. The van der Waals surface area contributed by atoms with Crippen LogP contribution in [0.4, 0.5) is 45.5 Å². The molecule has 0 saturated carbocycles. The predicted octanol–water partition coefficient (Wildman–Crippen LogP) is 18.2. The molecule has 3 nitrogen and oxygen atoms in total. The van der Waals surface area contributed by atoms with Crippen LogP contribution in [-0.4, -0.2) is 6.71 Å². The Balaban J connectivity index is 1.19. The fourth-order valence-electron chi connectivity index (χ4n) is 13.9. The second-order valence-corrected chi connectivity index (χ2v) is 29.1. The number of hydrogen-bond donors (Lipinski definition) is 0. The molecule has 0 radical (unpaired) electrons. The van der Waals surface area contributed by atoms with Crippen LogP contribution in [-0.2, 0) is 44.4 Å². The highest BCUT2D eigenvalue weighted by molar-refractivity contribution is 7.00. The van der Waals surface area contributed by atoms with Gasteiger partial charge in [-0.25, -0.2) is 0 Å². The van der Waals surface area contributed by atoms with Gasteiger partial charge in [0.1, 0.15) is 0 Å². The van der Waals surface area contributed by atoms with Crippen molar-refractivity contribution in [2.45, 2.75) is 169 Å². The second-order valence-electron chi connectivity index (χ2n) is 29.1. The summed E-state index contributed by atoms with van der Waals surface area (Å²) < 4.78 is 0. The van der Waals surface area contributed by atoms with Crippen LogP contribution >= 0.6 is 0 Å². The third-order valence-electron chi connectivity index (χ3n) is 18.9. The Labute approximate surface area is 468 Å². The van der Waals surface area contributed by atoms with Crippen LogP contribution in [0.3, 0.4) is 0 Å². The summed E-state index contributed by atoms with van der Waals surface area (Å²) in [4.78, 5) is 8.07. The maximum atomic E-state index is 2.76. The van der Waals surface area contributed by atoms with E-state index in [1.165, 1.54) is 118 Å². The van der Waals surface area contributed by atoms with Gasteiger partial charge in [0.2, 0.25) is 0 Å². The molecule has 0 bridgehead atoms. The average molecular weight is 1020 g/mol. The zero-order chi connectivity index (χ0) is 55.4. The minimum atomic E-state index is -0.355. The second kappa shape index (κ2) is 17.4. The van der Waals surface area contributed by atoms with Gasteiger partial charge in [0, 0.05) is 50.8 Å². The Morgan fingerprint density at radius 1 is 0.385 bits per heavy atom. The molecular weight excluding hydrogens is 942 g/mol. The van der Waals surface area contributed by atoms with Gasteiger partial charge in [-0.1, -0.05) is 214 Å². The molecule has 8 aromatic rings. The lowest BCUT2D eigenvalue weighted by Gasteiger charge is -2.51. The Morgan fingerprint density at radius 3 is 1.54 bits per heavy atom. The van der Waals surface area contributed by atoms with Gasteiger partial charge < -0.3 is 14.7 Å². The fraction of sp³-hybridized carbons (Fsp3) is 0.351. The maximum Gasteiger partial charge on any atom is 0.252 e. The van der Waals surface area contributed by atoms with E-state index in [0.717, 1.165) is 12.8 Å². The molecule has 12 rings (SSSR count). The van der Waals surface area contributed by atoms with Crippen molar-refractivity contribution in [1.82, 2.24) is 0 Å². The topological polar surface area (TPSA) is 9.72 Å². The van der Waals surface area contributed by atoms with Gasteiger partial charge in [0.15, 0.2) is 0 Å². The predicted molar refractivity (Wildman–Crippen MR) is 337 cm³/mol. The molecular formula is C74H82BN3. The molecule has 2 unspecified atom stereocenters. The first-order chi connectivity index (χ1) is 36.6. The highest BCUT2D eigenvalue weighted by Gasteiger charge is 2.60. The molecule has 2 atom stereocenters. The average Bonchev–Trinajstić information content (AvgIpc) is 3.26. The number of hydrogen-bond acceptors (Lipinski definition) is 3. The number of anilines is 8. The van der Waals surface area contributed by atoms with Gasteiger partial charge >= 0.3 is 0 Å². The van der Waals surface area contributed by atoms with Crippen molar-refractivity contribution in [3.8, 4) is 11.1 Å². The van der Waals surface area contributed by atoms with Crippen molar-refractivity contribution >= 4 is 68.6 Å². The zero-order valence-electron chi connectivity index (χ0n) is 49.9. The highest BCUT2D eigenvalue weighted by atomic mass is 15.3. The summed E-state index contributed by atoms with van der Waals surface area (Å²) in [6.45, 7) is 40.4. The van der Waals surface area contributed by atoms with Crippen molar-refractivity contribution in [3.63, 3.8) is 0 Å². The minimum Gasteiger partial charge on any atom is -0.330 e. The van der Waals surface area contributed by atoms with Crippen molar-refractivity contribution in [2.24, 2.45) is 0 Å². The number of fused-ring (bicyclic) bond motifs is 9. The number of nitrogens with zero attached hydrogens (tertiary/aromatic N) is 3. The molecule has 4 heteroatoms. The van der Waals surface area contributed by atoms with Gasteiger partial charge in [-0.3, -0.25) is 0 Å². The minimum absolute atomic E-state index is 0.00424. The van der Waals surface area contributed by atoms with E-state index in [-0.39, 0.29) is 44.7 Å². The van der Waals surface area contributed by atoms with Crippen LogP contribution in [0.2, 0.25) is 0 Å². The van der Waals surface area contributed by atoms with Crippen molar-refractivity contribution < 1.29 is 0 Å². The molecule has 0 saturated heterocycles. The van der Waals surface area contributed by atoms with Crippen LogP contribution in [0.25, 0.3) is 11.1 Å². The third-order valence-corrected chi connectivity index (χ3v) is 18.9. The lowest BCUT2D eigenvalue weighted by Crippen LogP contribution is -2.61. The molecule has 3 aliphatic heterocycles. The Bertz CT molecular complexity index is 3700. The van der Waals surface area contributed by atoms with Crippen LogP contribution in [0.5, 0.6) is 0 Å². The van der Waals surface area contributed by atoms with E-state index < -0.39 is 0 Å². The standard InChI is InChI=1S/C74H82BN3/c1-68(2,3)49-27-32-54(33-28-49)76-64-46-55(78-62-37-30-51(70(7,8)9)42-58(62)73(16)40-39-48-25-21-22-26-57(48)74(73,78)17)34-35-59(64)75-60-43-52(71(10,11)12)31-38-63(60)77(66-45-53(72(13,14)15)44-65(76)67(66)75)61-36-29-50(69(4,5)6)41-56(61)47-23-19-18-20-24-47/h18-38,41-46H,39-40H2,1-17H3. The van der Waals surface area contributed by atoms with E-state index in [1.807, 2.05) is 0 Å².